The number of imidazole rings is 2. The summed E-state index contributed by atoms with van der Waals surface area (Å²) in [6.07, 6.45) is 6.67. The Morgan fingerprint density at radius 1 is 1.42 bits per heavy atom. The summed E-state index contributed by atoms with van der Waals surface area (Å²) in [6, 6.07) is 3.20. The summed E-state index contributed by atoms with van der Waals surface area (Å²) in [6.45, 7) is 1.09. The second kappa shape index (κ2) is 5.90. The smallest absolute Gasteiger partial charge is 0.277 e. The van der Waals surface area contributed by atoms with Gasteiger partial charge in [-0.05, 0) is 25.0 Å². The van der Waals surface area contributed by atoms with Gasteiger partial charge in [-0.1, -0.05) is 11.6 Å². The number of piperidine rings is 1. The second-order valence-corrected chi connectivity index (χ2v) is 6.33. The second-order valence-electron chi connectivity index (χ2n) is 5.89. The summed E-state index contributed by atoms with van der Waals surface area (Å²) < 4.78 is 15.8. The van der Waals surface area contributed by atoms with Gasteiger partial charge < -0.3 is 9.88 Å². The van der Waals surface area contributed by atoms with Crippen molar-refractivity contribution in [1.82, 2.24) is 24.3 Å². The van der Waals surface area contributed by atoms with Crippen molar-refractivity contribution < 1.29 is 9.18 Å². The van der Waals surface area contributed by atoms with E-state index in [2.05, 4.69) is 15.0 Å². The third-order valence-electron chi connectivity index (χ3n) is 4.34. The van der Waals surface area contributed by atoms with Crippen LogP contribution in [0.4, 0.5) is 4.39 Å². The Morgan fingerprint density at radius 2 is 2.29 bits per heavy atom. The number of halogens is 2. The lowest BCUT2D eigenvalue weighted by Crippen LogP contribution is -2.39. The molecule has 24 heavy (non-hydrogen) atoms. The minimum atomic E-state index is -0.683. The number of pyridine rings is 1. The van der Waals surface area contributed by atoms with Crippen molar-refractivity contribution in [3.63, 3.8) is 0 Å². The van der Waals surface area contributed by atoms with Crippen LogP contribution in [0.15, 0.2) is 30.7 Å². The van der Waals surface area contributed by atoms with E-state index in [1.165, 1.54) is 10.6 Å². The van der Waals surface area contributed by atoms with E-state index in [1.807, 2.05) is 0 Å². The molecule has 3 aromatic rings. The molecule has 8 heteroatoms. The van der Waals surface area contributed by atoms with Gasteiger partial charge in [0.15, 0.2) is 5.69 Å². The van der Waals surface area contributed by atoms with Crippen LogP contribution in [0.3, 0.4) is 0 Å². The molecule has 1 fully saturated rings. The third-order valence-corrected chi connectivity index (χ3v) is 4.56. The SMILES string of the molecule is O=C(c1nc2ccc(Cl)cn2c1F)N1CCCC(c2ncc[nH]2)C1. The molecule has 0 radical (unpaired) electrons. The van der Waals surface area contributed by atoms with Gasteiger partial charge in [-0.2, -0.15) is 4.39 Å². The first-order valence-electron chi connectivity index (χ1n) is 7.75. The Balaban J connectivity index is 1.62. The van der Waals surface area contributed by atoms with E-state index < -0.39 is 11.9 Å². The highest BCUT2D eigenvalue weighted by Crippen LogP contribution is 2.26. The summed E-state index contributed by atoms with van der Waals surface area (Å²) in [5, 5.41) is 0.383. The monoisotopic (exact) mass is 347 g/mol. The van der Waals surface area contributed by atoms with Crippen LogP contribution >= 0.6 is 11.6 Å². The number of carbonyl (C=O) groups is 1. The lowest BCUT2D eigenvalue weighted by Gasteiger charge is -2.31. The summed E-state index contributed by atoms with van der Waals surface area (Å²) in [7, 11) is 0. The Labute approximate surface area is 142 Å². The Kier molecular flexibility index (Phi) is 3.72. The Morgan fingerprint density at radius 3 is 3.08 bits per heavy atom. The summed E-state index contributed by atoms with van der Waals surface area (Å²) in [4.78, 5) is 25.9. The van der Waals surface area contributed by atoms with Crippen LogP contribution in [0.25, 0.3) is 5.65 Å². The quantitative estimate of drug-likeness (QED) is 0.775. The molecule has 1 atom stereocenters. The van der Waals surface area contributed by atoms with E-state index in [9.17, 15) is 9.18 Å². The van der Waals surface area contributed by atoms with Crippen LogP contribution in [0, 0.1) is 5.95 Å². The number of fused-ring (bicyclic) bond motifs is 1. The molecule has 6 nitrogen and oxygen atoms in total. The fourth-order valence-corrected chi connectivity index (χ4v) is 3.32. The van der Waals surface area contributed by atoms with Crippen molar-refractivity contribution in [3.05, 3.63) is 53.2 Å². The van der Waals surface area contributed by atoms with Gasteiger partial charge in [0.05, 0.1) is 5.02 Å². The van der Waals surface area contributed by atoms with Crippen molar-refractivity contribution in [1.29, 1.82) is 0 Å². The van der Waals surface area contributed by atoms with Crippen LogP contribution in [0.1, 0.15) is 35.1 Å². The van der Waals surface area contributed by atoms with Crippen molar-refractivity contribution in [3.8, 4) is 0 Å². The van der Waals surface area contributed by atoms with Gasteiger partial charge in [-0.3, -0.25) is 9.20 Å². The third kappa shape index (κ3) is 2.54. The highest BCUT2D eigenvalue weighted by molar-refractivity contribution is 6.30. The van der Waals surface area contributed by atoms with Gasteiger partial charge in [0.2, 0.25) is 5.95 Å². The molecule has 1 unspecified atom stereocenters. The maximum Gasteiger partial charge on any atom is 0.277 e. The highest BCUT2D eigenvalue weighted by Gasteiger charge is 2.30. The van der Waals surface area contributed by atoms with Crippen LogP contribution in [-0.2, 0) is 0 Å². The average Bonchev–Trinajstić information content (AvgIpc) is 3.24. The van der Waals surface area contributed by atoms with Gasteiger partial charge in [-0.25, -0.2) is 9.97 Å². The van der Waals surface area contributed by atoms with Crippen LogP contribution in [0.5, 0.6) is 0 Å². The lowest BCUT2D eigenvalue weighted by molar-refractivity contribution is 0.0694. The van der Waals surface area contributed by atoms with Crippen molar-refractivity contribution >= 4 is 23.2 Å². The number of hydrogen-bond acceptors (Lipinski definition) is 3. The molecule has 1 aliphatic rings. The minimum absolute atomic E-state index is 0.132. The zero-order chi connectivity index (χ0) is 16.7. The number of rotatable bonds is 2. The predicted molar refractivity (Wildman–Crippen MR) is 86.6 cm³/mol. The summed E-state index contributed by atoms with van der Waals surface area (Å²) in [5.74, 6) is -0.0943. The molecule has 4 rings (SSSR count). The molecule has 0 bridgehead atoms. The number of aromatic nitrogens is 4. The van der Waals surface area contributed by atoms with Crippen LogP contribution in [-0.4, -0.2) is 43.2 Å². The van der Waals surface area contributed by atoms with Crippen molar-refractivity contribution in [2.45, 2.75) is 18.8 Å². The molecule has 0 spiro atoms. The minimum Gasteiger partial charge on any atom is -0.348 e. The molecular weight excluding hydrogens is 333 g/mol. The number of nitrogens with zero attached hydrogens (tertiary/aromatic N) is 4. The van der Waals surface area contributed by atoms with E-state index in [1.54, 1.807) is 29.4 Å². The van der Waals surface area contributed by atoms with Gasteiger partial charge in [0, 0.05) is 37.6 Å². The molecule has 0 aliphatic carbocycles. The van der Waals surface area contributed by atoms with E-state index in [4.69, 9.17) is 11.6 Å². The number of hydrogen-bond donors (Lipinski definition) is 1. The fourth-order valence-electron chi connectivity index (χ4n) is 3.16. The first-order valence-corrected chi connectivity index (χ1v) is 8.13. The number of aromatic amines is 1. The molecule has 1 saturated heterocycles. The molecule has 3 aromatic heterocycles. The number of nitrogens with one attached hydrogen (secondary N) is 1. The molecule has 124 valence electrons. The van der Waals surface area contributed by atoms with E-state index in [0.29, 0.717) is 23.8 Å². The zero-order valence-electron chi connectivity index (χ0n) is 12.7. The predicted octanol–water partition coefficient (Wildman–Crippen LogP) is 2.87. The van der Waals surface area contributed by atoms with Crippen LogP contribution in [0.2, 0.25) is 5.02 Å². The standard InChI is InChI=1S/C16H15ClFN5O/c17-11-3-4-12-21-13(14(18)23(12)9-11)16(24)22-7-1-2-10(8-22)15-19-5-6-20-15/h3-6,9-10H,1-2,7-8H2,(H,19,20). The Hall–Kier alpha value is -2.41. The maximum atomic E-state index is 14.6. The molecular formula is C16H15ClFN5O. The van der Waals surface area contributed by atoms with E-state index >= 15 is 0 Å². The lowest BCUT2D eigenvalue weighted by atomic mass is 9.97. The van der Waals surface area contributed by atoms with E-state index in [0.717, 1.165) is 18.7 Å². The summed E-state index contributed by atoms with van der Waals surface area (Å²) >= 11 is 5.88. The first kappa shape index (κ1) is 15.1. The normalized spacial score (nSPS) is 18.2. The zero-order valence-corrected chi connectivity index (χ0v) is 13.5. The largest absolute Gasteiger partial charge is 0.348 e. The maximum absolute atomic E-state index is 14.6. The van der Waals surface area contributed by atoms with E-state index in [-0.39, 0.29) is 11.6 Å². The van der Waals surface area contributed by atoms with Gasteiger partial charge in [0.25, 0.3) is 5.91 Å². The topological polar surface area (TPSA) is 66.3 Å². The van der Waals surface area contributed by atoms with Gasteiger partial charge in [-0.15, -0.1) is 0 Å². The molecule has 1 amide bonds. The van der Waals surface area contributed by atoms with Crippen molar-refractivity contribution in [2.24, 2.45) is 0 Å². The van der Waals surface area contributed by atoms with Gasteiger partial charge >= 0.3 is 0 Å². The summed E-state index contributed by atoms with van der Waals surface area (Å²) in [5.41, 5.74) is 0.192. The molecule has 0 saturated carbocycles. The molecule has 1 N–H and O–H groups in total. The number of carbonyl (C=O) groups excluding carboxylic acids is 1. The highest BCUT2D eigenvalue weighted by atomic mass is 35.5. The van der Waals surface area contributed by atoms with Crippen molar-refractivity contribution in [2.75, 3.05) is 13.1 Å². The average molecular weight is 348 g/mol. The fraction of sp³-hybridized carbons (Fsp3) is 0.312. The number of likely N-dealkylation sites (tertiary alicyclic amines) is 1. The number of amides is 1. The number of H-pyrrole nitrogens is 1. The Bertz CT molecular complexity index is 891. The van der Waals surface area contributed by atoms with Gasteiger partial charge in [0.1, 0.15) is 11.5 Å². The molecule has 4 heterocycles. The van der Waals surface area contributed by atoms with Crippen LogP contribution < -0.4 is 0 Å². The molecule has 1 aliphatic heterocycles. The first-order chi connectivity index (χ1) is 11.6. The molecule has 0 aromatic carbocycles.